The molecule has 2 fully saturated rings. The molecule has 0 aromatic carbocycles. The Balaban J connectivity index is 1.47. The third-order valence-corrected chi connectivity index (χ3v) is 6.32. The largest absolute Gasteiger partial charge is 0.489 e. The SMILES string of the molecule is O=C(c1cc(Br)cs1)N1[C@H]2CC[C@H]1CC(Oc1cccnc1)C2. The molecule has 0 aliphatic carbocycles. The number of piperidine rings is 1. The zero-order valence-electron chi connectivity index (χ0n) is 12.5. The van der Waals surface area contributed by atoms with E-state index in [-0.39, 0.29) is 12.0 Å². The van der Waals surface area contributed by atoms with Gasteiger partial charge in [0.1, 0.15) is 11.9 Å². The summed E-state index contributed by atoms with van der Waals surface area (Å²) in [4.78, 5) is 19.8. The Labute approximate surface area is 147 Å². The Kier molecular flexibility index (Phi) is 4.11. The average Bonchev–Trinajstić information content (AvgIpc) is 3.10. The number of hydrogen-bond donors (Lipinski definition) is 0. The van der Waals surface area contributed by atoms with Crippen molar-refractivity contribution in [2.24, 2.45) is 0 Å². The number of carbonyl (C=O) groups excluding carboxylic acids is 1. The van der Waals surface area contributed by atoms with E-state index in [9.17, 15) is 4.79 Å². The lowest BCUT2D eigenvalue weighted by Crippen LogP contribution is -2.49. The number of fused-ring (bicyclic) bond motifs is 2. The highest BCUT2D eigenvalue weighted by molar-refractivity contribution is 9.10. The van der Waals surface area contributed by atoms with Crippen molar-refractivity contribution in [3.8, 4) is 5.75 Å². The van der Waals surface area contributed by atoms with Crippen LogP contribution in [-0.2, 0) is 0 Å². The lowest BCUT2D eigenvalue weighted by atomic mass is 9.99. The highest BCUT2D eigenvalue weighted by atomic mass is 79.9. The van der Waals surface area contributed by atoms with Crippen LogP contribution in [0.2, 0.25) is 0 Å². The summed E-state index contributed by atoms with van der Waals surface area (Å²) in [5, 5.41) is 1.97. The lowest BCUT2D eigenvalue weighted by Gasteiger charge is -2.38. The van der Waals surface area contributed by atoms with E-state index in [2.05, 4.69) is 25.8 Å². The van der Waals surface area contributed by atoms with Gasteiger partial charge in [0.05, 0.1) is 11.1 Å². The minimum Gasteiger partial charge on any atom is -0.489 e. The Morgan fingerprint density at radius 3 is 2.74 bits per heavy atom. The van der Waals surface area contributed by atoms with Crippen LogP contribution in [0.5, 0.6) is 5.75 Å². The zero-order valence-corrected chi connectivity index (χ0v) is 14.9. The molecule has 0 radical (unpaired) electrons. The zero-order chi connectivity index (χ0) is 15.8. The van der Waals surface area contributed by atoms with E-state index in [0.29, 0.717) is 12.1 Å². The summed E-state index contributed by atoms with van der Waals surface area (Å²) in [6, 6.07) is 6.34. The summed E-state index contributed by atoms with van der Waals surface area (Å²) in [5.74, 6) is 0.992. The monoisotopic (exact) mass is 392 g/mol. The van der Waals surface area contributed by atoms with E-state index >= 15 is 0 Å². The molecule has 2 atom stereocenters. The highest BCUT2D eigenvalue weighted by Gasteiger charge is 2.44. The van der Waals surface area contributed by atoms with Crippen LogP contribution in [0.25, 0.3) is 0 Å². The van der Waals surface area contributed by atoms with Gasteiger partial charge < -0.3 is 9.64 Å². The maximum atomic E-state index is 12.8. The molecule has 0 unspecified atom stereocenters. The lowest BCUT2D eigenvalue weighted by molar-refractivity contribution is 0.0362. The van der Waals surface area contributed by atoms with Gasteiger partial charge in [-0.1, -0.05) is 0 Å². The first-order valence-corrected chi connectivity index (χ1v) is 9.51. The van der Waals surface area contributed by atoms with Crippen molar-refractivity contribution in [2.45, 2.75) is 43.9 Å². The number of rotatable bonds is 3. The normalized spacial score (nSPS) is 26.3. The number of nitrogens with zero attached hydrogens (tertiary/aromatic N) is 2. The van der Waals surface area contributed by atoms with E-state index in [1.165, 1.54) is 11.3 Å². The molecule has 1 amide bonds. The summed E-state index contributed by atoms with van der Waals surface area (Å²) in [6.45, 7) is 0. The van der Waals surface area contributed by atoms with Crippen molar-refractivity contribution in [3.63, 3.8) is 0 Å². The van der Waals surface area contributed by atoms with Gasteiger partial charge in [-0.25, -0.2) is 0 Å². The van der Waals surface area contributed by atoms with Gasteiger partial charge in [0.25, 0.3) is 5.91 Å². The first-order valence-electron chi connectivity index (χ1n) is 7.84. The molecule has 0 saturated carbocycles. The van der Waals surface area contributed by atoms with E-state index in [1.807, 2.05) is 23.6 Å². The number of pyridine rings is 1. The molecule has 6 heteroatoms. The number of thiophene rings is 1. The Bertz CT molecular complexity index is 692. The standard InChI is InChI=1S/C17H17BrN2O2S/c18-11-6-16(23-10-11)17(21)20-12-3-4-13(20)8-15(7-12)22-14-2-1-5-19-9-14/h1-2,5-6,9-10,12-13,15H,3-4,7-8H2/t12-,13-/m0/s1. The van der Waals surface area contributed by atoms with Crippen LogP contribution in [0.4, 0.5) is 0 Å². The summed E-state index contributed by atoms with van der Waals surface area (Å²) >= 11 is 4.94. The topological polar surface area (TPSA) is 42.4 Å². The molecular formula is C17H17BrN2O2S. The van der Waals surface area contributed by atoms with Gasteiger partial charge in [-0.2, -0.15) is 0 Å². The van der Waals surface area contributed by atoms with Crippen molar-refractivity contribution in [2.75, 3.05) is 0 Å². The summed E-state index contributed by atoms with van der Waals surface area (Å²) in [6.07, 6.45) is 7.65. The third kappa shape index (κ3) is 3.02. The van der Waals surface area contributed by atoms with Gasteiger partial charge in [0.15, 0.2) is 0 Å². The van der Waals surface area contributed by atoms with E-state index < -0.39 is 0 Å². The number of amides is 1. The van der Waals surface area contributed by atoms with E-state index in [0.717, 1.165) is 40.8 Å². The number of hydrogen-bond acceptors (Lipinski definition) is 4. The second-order valence-electron chi connectivity index (χ2n) is 6.13. The van der Waals surface area contributed by atoms with E-state index in [4.69, 9.17) is 4.74 Å². The average molecular weight is 393 g/mol. The maximum Gasteiger partial charge on any atom is 0.264 e. The Hall–Kier alpha value is -1.40. The second kappa shape index (κ2) is 6.24. The summed E-state index contributed by atoms with van der Waals surface area (Å²) in [7, 11) is 0. The molecule has 23 heavy (non-hydrogen) atoms. The molecule has 4 nitrogen and oxygen atoms in total. The molecule has 0 N–H and O–H groups in total. The molecule has 2 saturated heterocycles. The van der Waals surface area contributed by atoms with Gasteiger partial charge in [-0.3, -0.25) is 9.78 Å². The smallest absolute Gasteiger partial charge is 0.264 e. The van der Waals surface area contributed by atoms with Crippen molar-refractivity contribution >= 4 is 33.2 Å². The van der Waals surface area contributed by atoms with Crippen LogP contribution in [0.3, 0.4) is 0 Å². The molecule has 2 aromatic rings. The second-order valence-corrected chi connectivity index (χ2v) is 7.95. The van der Waals surface area contributed by atoms with Crippen molar-refractivity contribution in [1.29, 1.82) is 0 Å². The van der Waals surface area contributed by atoms with Gasteiger partial charge in [-0.15, -0.1) is 11.3 Å². The van der Waals surface area contributed by atoms with Crippen molar-refractivity contribution in [1.82, 2.24) is 9.88 Å². The van der Waals surface area contributed by atoms with Crippen LogP contribution >= 0.6 is 27.3 Å². The first kappa shape index (κ1) is 15.1. The van der Waals surface area contributed by atoms with Crippen LogP contribution in [0.1, 0.15) is 35.4 Å². The fraction of sp³-hybridized carbons (Fsp3) is 0.412. The summed E-state index contributed by atoms with van der Waals surface area (Å²) in [5.41, 5.74) is 0. The molecule has 120 valence electrons. The minimum absolute atomic E-state index is 0.174. The minimum atomic E-state index is 0.174. The molecule has 4 rings (SSSR count). The van der Waals surface area contributed by atoms with Gasteiger partial charge in [-0.05, 0) is 47.0 Å². The molecule has 2 bridgehead atoms. The highest BCUT2D eigenvalue weighted by Crippen LogP contribution is 2.39. The predicted molar refractivity (Wildman–Crippen MR) is 92.9 cm³/mol. The number of ether oxygens (including phenoxy) is 1. The molecule has 2 aromatic heterocycles. The molecule has 4 heterocycles. The van der Waals surface area contributed by atoms with Gasteiger partial charge in [0, 0.05) is 41.0 Å². The number of carbonyl (C=O) groups is 1. The predicted octanol–water partition coefficient (Wildman–Crippen LogP) is 4.12. The van der Waals surface area contributed by atoms with Gasteiger partial charge in [0.2, 0.25) is 0 Å². The van der Waals surface area contributed by atoms with Crippen LogP contribution < -0.4 is 4.74 Å². The molecule has 0 spiro atoms. The van der Waals surface area contributed by atoms with Crippen LogP contribution in [0, 0.1) is 0 Å². The first-order chi connectivity index (χ1) is 11.2. The molecule has 2 aliphatic heterocycles. The Morgan fingerprint density at radius 1 is 1.35 bits per heavy atom. The van der Waals surface area contributed by atoms with Crippen LogP contribution in [-0.4, -0.2) is 34.0 Å². The van der Waals surface area contributed by atoms with Crippen molar-refractivity contribution in [3.05, 3.63) is 45.3 Å². The molecule has 2 aliphatic rings. The van der Waals surface area contributed by atoms with E-state index in [1.54, 1.807) is 12.4 Å². The summed E-state index contributed by atoms with van der Waals surface area (Å²) < 4.78 is 7.05. The maximum absolute atomic E-state index is 12.8. The van der Waals surface area contributed by atoms with Crippen LogP contribution in [0.15, 0.2) is 40.4 Å². The van der Waals surface area contributed by atoms with Crippen molar-refractivity contribution < 1.29 is 9.53 Å². The number of aromatic nitrogens is 1. The van der Waals surface area contributed by atoms with Gasteiger partial charge >= 0.3 is 0 Å². The fourth-order valence-electron chi connectivity index (χ4n) is 3.72. The molecular weight excluding hydrogens is 376 g/mol. The fourth-order valence-corrected chi connectivity index (χ4v) is 5.09. The Morgan fingerprint density at radius 2 is 2.13 bits per heavy atom. The number of halogens is 1. The third-order valence-electron chi connectivity index (χ3n) is 4.64. The quantitative estimate of drug-likeness (QED) is 0.788.